The van der Waals surface area contributed by atoms with E-state index in [1.54, 1.807) is 6.92 Å². The third kappa shape index (κ3) is 2.90. The molecule has 0 spiro atoms. The van der Waals surface area contributed by atoms with Crippen LogP contribution in [0.4, 0.5) is 15.8 Å². The summed E-state index contributed by atoms with van der Waals surface area (Å²) in [5.74, 6) is -0.580. The van der Waals surface area contributed by atoms with Gasteiger partial charge in [-0.1, -0.05) is 0 Å². The van der Waals surface area contributed by atoms with E-state index in [-0.39, 0.29) is 5.69 Å². The van der Waals surface area contributed by atoms with Crippen LogP contribution in [0, 0.1) is 22.9 Å². The molecule has 88 valence electrons. The molecule has 16 heavy (non-hydrogen) atoms. The molecule has 0 aromatic heterocycles. The Labute approximate surface area is 92.4 Å². The van der Waals surface area contributed by atoms with Crippen LogP contribution < -0.4 is 5.32 Å². The second-order valence-corrected chi connectivity index (χ2v) is 3.30. The van der Waals surface area contributed by atoms with Gasteiger partial charge in [0.25, 0.3) is 5.69 Å². The number of halogens is 1. The predicted octanol–water partition coefficient (Wildman–Crippen LogP) is 2.10. The Balaban J connectivity index is 2.95. The first-order chi connectivity index (χ1) is 7.56. The van der Waals surface area contributed by atoms with Crippen molar-refractivity contribution < 1.29 is 14.1 Å². The van der Waals surface area contributed by atoms with Crippen LogP contribution in [0.2, 0.25) is 0 Å². The summed E-state index contributed by atoms with van der Waals surface area (Å²) in [6.07, 6.45) is 0. The van der Waals surface area contributed by atoms with E-state index in [9.17, 15) is 14.5 Å². The van der Waals surface area contributed by atoms with Crippen molar-refractivity contribution in [2.75, 3.05) is 25.6 Å². The molecule has 1 rings (SSSR count). The molecule has 0 radical (unpaired) electrons. The number of hydrogen-bond acceptors (Lipinski definition) is 4. The van der Waals surface area contributed by atoms with E-state index in [2.05, 4.69) is 5.32 Å². The van der Waals surface area contributed by atoms with E-state index in [4.69, 9.17) is 4.74 Å². The van der Waals surface area contributed by atoms with Gasteiger partial charge < -0.3 is 10.1 Å². The third-order valence-corrected chi connectivity index (χ3v) is 2.10. The molecule has 0 bridgehead atoms. The summed E-state index contributed by atoms with van der Waals surface area (Å²) < 4.78 is 18.0. The average molecular weight is 228 g/mol. The molecule has 0 atom stereocenters. The highest BCUT2D eigenvalue weighted by atomic mass is 19.1. The van der Waals surface area contributed by atoms with Gasteiger partial charge in [-0.05, 0) is 18.6 Å². The lowest BCUT2D eigenvalue weighted by Crippen LogP contribution is -2.09. The smallest absolute Gasteiger partial charge is 0.295 e. The Morgan fingerprint density at radius 2 is 2.25 bits per heavy atom. The van der Waals surface area contributed by atoms with Crippen molar-refractivity contribution in [1.82, 2.24) is 0 Å². The quantitative estimate of drug-likeness (QED) is 0.476. The molecule has 0 amide bonds. The zero-order valence-electron chi connectivity index (χ0n) is 9.12. The first-order valence-electron chi connectivity index (χ1n) is 4.73. The number of benzene rings is 1. The van der Waals surface area contributed by atoms with Gasteiger partial charge in [-0.3, -0.25) is 10.1 Å². The Hall–Kier alpha value is -1.69. The van der Waals surface area contributed by atoms with Crippen molar-refractivity contribution in [1.29, 1.82) is 0 Å². The fourth-order valence-electron chi connectivity index (χ4n) is 1.25. The fraction of sp³-hybridized carbons (Fsp3) is 0.400. The van der Waals surface area contributed by atoms with Crippen molar-refractivity contribution in [3.05, 3.63) is 33.6 Å². The number of rotatable bonds is 5. The highest BCUT2D eigenvalue weighted by Gasteiger charge is 2.16. The number of nitrogens with one attached hydrogen (secondary N) is 1. The molecule has 1 aromatic rings. The second-order valence-electron chi connectivity index (χ2n) is 3.30. The number of nitrogens with zero attached hydrogens (tertiary/aromatic N) is 1. The lowest BCUT2D eigenvalue weighted by Gasteiger charge is -2.07. The number of hydrogen-bond donors (Lipinski definition) is 1. The first kappa shape index (κ1) is 12.4. The number of ether oxygens (including phenoxy) is 1. The maximum atomic E-state index is 13.2. The lowest BCUT2D eigenvalue weighted by atomic mass is 10.2. The largest absolute Gasteiger partial charge is 0.383 e. The number of anilines is 1. The zero-order chi connectivity index (χ0) is 12.1. The number of methoxy groups -OCH3 is 1. The van der Waals surface area contributed by atoms with Gasteiger partial charge in [0.15, 0.2) is 0 Å². The highest BCUT2D eigenvalue weighted by Crippen LogP contribution is 2.27. The molecule has 0 aliphatic heterocycles. The van der Waals surface area contributed by atoms with Gasteiger partial charge in [0, 0.05) is 13.7 Å². The van der Waals surface area contributed by atoms with Crippen LogP contribution in [0.15, 0.2) is 12.1 Å². The van der Waals surface area contributed by atoms with Crippen LogP contribution in [0.3, 0.4) is 0 Å². The standard InChI is InChI=1S/C10H13FN2O3/c1-7-5-9(12-3-4-16-2)10(13(14)15)6-8(7)11/h5-6,12H,3-4H2,1-2H3. The summed E-state index contributed by atoms with van der Waals surface area (Å²) >= 11 is 0. The number of nitro groups is 1. The van der Waals surface area contributed by atoms with Crippen LogP contribution in [0.5, 0.6) is 0 Å². The summed E-state index contributed by atoms with van der Waals surface area (Å²) in [5, 5.41) is 13.5. The average Bonchev–Trinajstić information content (AvgIpc) is 2.23. The van der Waals surface area contributed by atoms with E-state index in [0.717, 1.165) is 6.07 Å². The predicted molar refractivity (Wildman–Crippen MR) is 58.2 cm³/mol. The molecular weight excluding hydrogens is 215 g/mol. The molecule has 0 saturated heterocycles. The first-order valence-corrected chi connectivity index (χ1v) is 4.73. The molecule has 0 unspecified atom stereocenters. The number of nitro benzene ring substituents is 1. The molecule has 0 fully saturated rings. The van der Waals surface area contributed by atoms with Gasteiger partial charge in [0.2, 0.25) is 0 Å². The van der Waals surface area contributed by atoms with Gasteiger partial charge in [0.05, 0.1) is 17.6 Å². The van der Waals surface area contributed by atoms with Crippen LogP contribution >= 0.6 is 0 Å². The van der Waals surface area contributed by atoms with Gasteiger partial charge in [0.1, 0.15) is 11.5 Å². The van der Waals surface area contributed by atoms with E-state index < -0.39 is 10.7 Å². The van der Waals surface area contributed by atoms with Crippen LogP contribution in [0.25, 0.3) is 0 Å². The topological polar surface area (TPSA) is 64.4 Å². The second kappa shape index (κ2) is 5.41. The summed E-state index contributed by atoms with van der Waals surface area (Å²) in [7, 11) is 1.53. The Morgan fingerprint density at radius 1 is 1.56 bits per heavy atom. The normalized spacial score (nSPS) is 10.2. The van der Waals surface area contributed by atoms with Gasteiger partial charge in [-0.25, -0.2) is 4.39 Å². The van der Waals surface area contributed by atoms with Gasteiger partial charge in [-0.15, -0.1) is 0 Å². The minimum absolute atomic E-state index is 0.265. The molecule has 6 heteroatoms. The Bertz CT molecular complexity index is 396. The highest BCUT2D eigenvalue weighted by molar-refractivity contribution is 5.63. The SMILES string of the molecule is COCCNc1cc(C)c(F)cc1[N+](=O)[O-]. The molecule has 5 nitrogen and oxygen atoms in total. The molecule has 0 aliphatic rings. The van der Waals surface area contributed by atoms with E-state index in [0.29, 0.717) is 24.4 Å². The van der Waals surface area contributed by atoms with Crippen molar-refractivity contribution in [2.45, 2.75) is 6.92 Å². The lowest BCUT2D eigenvalue weighted by molar-refractivity contribution is -0.384. The number of aryl methyl sites for hydroxylation is 1. The van der Waals surface area contributed by atoms with Crippen LogP contribution in [-0.2, 0) is 4.74 Å². The van der Waals surface area contributed by atoms with Crippen LogP contribution in [0.1, 0.15) is 5.56 Å². The molecule has 1 N–H and O–H groups in total. The van der Waals surface area contributed by atoms with Crippen molar-refractivity contribution in [3.63, 3.8) is 0 Å². The zero-order valence-corrected chi connectivity index (χ0v) is 9.12. The van der Waals surface area contributed by atoms with Gasteiger partial charge in [-0.2, -0.15) is 0 Å². The Kier molecular flexibility index (Phi) is 4.19. The molecule has 1 aromatic carbocycles. The maximum Gasteiger partial charge on any atom is 0.295 e. The molecular formula is C10H13FN2O3. The fourth-order valence-corrected chi connectivity index (χ4v) is 1.25. The third-order valence-electron chi connectivity index (χ3n) is 2.10. The summed E-state index contributed by atoms with van der Waals surface area (Å²) in [5.41, 5.74) is 0.408. The van der Waals surface area contributed by atoms with Crippen molar-refractivity contribution in [2.24, 2.45) is 0 Å². The Morgan fingerprint density at radius 3 is 2.81 bits per heavy atom. The monoisotopic (exact) mass is 228 g/mol. The van der Waals surface area contributed by atoms with Gasteiger partial charge >= 0.3 is 0 Å². The van der Waals surface area contributed by atoms with Crippen molar-refractivity contribution >= 4 is 11.4 Å². The minimum Gasteiger partial charge on any atom is -0.383 e. The van der Waals surface area contributed by atoms with Crippen molar-refractivity contribution in [3.8, 4) is 0 Å². The van der Waals surface area contributed by atoms with Crippen LogP contribution in [-0.4, -0.2) is 25.2 Å². The molecule has 0 heterocycles. The summed E-state index contributed by atoms with van der Waals surface area (Å²) in [6, 6.07) is 2.34. The molecule has 0 saturated carbocycles. The van der Waals surface area contributed by atoms with E-state index in [1.165, 1.54) is 13.2 Å². The van der Waals surface area contributed by atoms with E-state index in [1.807, 2.05) is 0 Å². The minimum atomic E-state index is -0.613. The summed E-state index contributed by atoms with van der Waals surface area (Å²) in [4.78, 5) is 10.1. The summed E-state index contributed by atoms with van der Waals surface area (Å²) in [6.45, 7) is 2.41. The maximum absolute atomic E-state index is 13.2. The van der Waals surface area contributed by atoms with E-state index >= 15 is 0 Å². The molecule has 0 aliphatic carbocycles.